The average Bonchev–Trinajstić information content (AvgIpc) is 3.16. The number of likely N-dealkylation sites (tertiary alicyclic amines) is 1. The summed E-state index contributed by atoms with van der Waals surface area (Å²) in [5.74, 6) is 1.40. The van der Waals surface area contributed by atoms with Crippen molar-refractivity contribution in [3.8, 4) is 0 Å². The molecule has 1 aliphatic heterocycles. The van der Waals surface area contributed by atoms with Gasteiger partial charge < -0.3 is 20.7 Å². The van der Waals surface area contributed by atoms with Crippen molar-refractivity contribution >= 4 is 32.9 Å². The molecular formula is C26H37BrN6O. The van der Waals surface area contributed by atoms with E-state index in [1.54, 1.807) is 0 Å². The first-order valence-electron chi connectivity index (χ1n) is 12.3. The molecule has 4 rings (SSSR count). The number of nitrogens with one attached hydrogen (secondary N) is 1. The van der Waals surface area contributed by atoms with E-state index in [1.165, 1.54) is 5.56 Å². The first-order chi connectivity index (χ1) is 16.4. The Morgan fingerprint density at radius 1 is 1.15 bits per heavy atom. The second-order valence-electron chi connectivity index (χ2n) is 9.67. The van der Waals surface area contributed by atoms with Gasteiger partial charge in [-0.3, -0.25) is 4.57 Å². The summed E-state index contributed by atoms with van der Waals surface area (Å²) >= 11 is 3.43. The van der Waals surface area contributed by atoms with E-state index in [2.05, 4.69) is 74.7 Å². The van der Waals surface area contributed by atoms with E-state index in [4.69, 9.17) is 15.5 Å². The van der Waals surface area contributed by atoms with Gasteiger partial charge in [-0.15, -0.1) is 0 Å². The molecule has 1 saturated heterocycles. The van der Waals surface area contributed by atoms with Crippen LogP contribution in [-0.4, -0.2) is 57.8 Å². The number of nitrogens with zero attached hydrogens (tertiary/aromatic N) is 4. The van der Waals surface area contributed by atoms with E-state index in [1.807, 2.05) is 18.2 Å². The molecule has 0 bridgehead atoms. The van der Waals surface area contributed by atoms with Gasteiger partial charge in [-0.1, -0.05) is 32.0 Å². The van der Waals surface area contributed by atoms with Crippen molar-refractivity contribution in [3.63, 3.8) is 0 Å². The van der Waals surface area contributed by atoms with Crippen molar-refractivity contribution in [2.24, 2.45) is 11.7 Å². The topological polar surface area (TPSA) is 81.2 Å². The molecule has 0 aliphatic carbocycles. The van der Waals surface area contributed by atoms with Crippen molar-refractivity contribution in [3.05, 3.63) is 52.3 Å². The molecule has 1 atom stereocenters. The lowest BCUT2D eigenvalue weighted by molar-refractivity contribution is 0.0825. The van der Waals surface area contributed by atoms with Crippen LogP contribution in [0.5, 0.6) is 0 Å². The number of hydrogen-bond acceptors (Lipinski definition) is 6. The fraction of sp³-hybridized carbons (Fsp3) is 0.538. The standard InChI is InChI=1S/C26H37BrN6O/c1-18(2)22(28)16-32-13-10-21(11-14-32)30-26-31-25-19(3)6-4-8-23(25)33(26)17-34-15-12-20-7-5-9-24(27)29-20/h4-9,18,21-22H,10-17,28H2,1-3H3,(H,30,31). The average molecular weight is 530 g/mol. The number of fused-ring (bicyclic) bond motifs is 1. The maximum atomic E-state index is 6.29. The van der Waals surface area contributed by atoms with Crippen molar-refractivity contribution < 1.29 is 4.74 Å². The Balaban J connectivity index is 1.39. The number of imidazole rings is 1. The zero-order valence-corrected chi connectivity index (χ0v) is 22.1. The molecule has 34 heavy (non-hydrogen) atoms. The van der Waals surface area contributed by atoms with Gasteiger partial charge in [0.2, 0.25) is 5.95 Å². The summed E-state index contributed by atoms with van der Waals surface area (Å²) in [4.78, 5) is 12.0. The van der Waals surface area contributed by atoms with Gasteiger partial charge in [0.1, 0.15) is 11.3 Å². The van der Waals surface area contributed by atoms with E-state index in [0.717, 1.165) is 66.2 Å². The predicted octanol–water partition coefficient (Wildman–Crippen LogP) is 4.58. The van der Waals surface area contributed by atoms with Gasteiger partial charge in [-0.05, 0) is 65.4 Å². The van der Waals surface area contributed by atoms with Gasteiger partial charge in [0.15, 0.2) is 0 Å². The summed E-state index contributed by atoms with van der Waals surface area (Å²) in [7, 11) is 0. The molecular weight excluding hydrogens is 492 g/mol. The Morgan fingerprint density at radius 3 is 2.65 bits per heavy atom. The molecule has 0 radical (unpaired) electrons. The monoisotopic (exact) mass is 528 g/mol. The minimum absolute atomic E-state index is 0.237. The van der Waals surface area contributed by atoms with Crippen LogP contribution in [0.15, 0.2) is 41.0 Å². The maximum Gasteiger partial charge on any atom is 0.206 e. The fourth-order valence-corrected chi connectivity index (χ4v) is 4.78. The molecule has 3 heterocycles. The lowest BCUT2D eigenvalue weighted by atomic mass is 10.0. The van der Waals surface area contributed by atoms with E-state index in [-0.39, 0.29) is 6.04 Å². The molecule has 1 aromatic carbocycles. The molecule has 0 spiro atoms. The molecule has 8 heteroatoms. The normalized spacial score (nSPS) is 16.4. The van der Waals surface area contributed by atoms with Crippen molar-refractivity contribution in [2.45, 2.75) is 58.8 Å². The first kappa shape index (κ1) is 25.1. The van der Waals surface area contributed by atoms with Crippen molar-refractivity contribution in [2.75, 3.05) is 31.6 Å². The first-order valence-corrected chi connectivity index (χ1v) is 13.1. The van der Waals surface area contributed by atoms with Crippen molar-refractivity contribution in [1.82, 2.24) is 19.4 Å². The Bertz CT molecular complexity index is 1080. The van der Waals surface area contributed by atoms with Crippen LogP contribution in [0.3, 0.4) is 0 Å². The zero-order valence-electron chi connectivity index (χ0n) is 20.5. The summed E-state index contributed by atoms with van der Waals surface area (Å²) in [6.45, 7) is 10.7. The molecule has 2 aromatic heterocycles. The van der Waals surface area contributed by atoms with Crippen LogP contribution >= 0.6 is 15.9 Å². The van der Waals surface area contributed by atoms with Gasteiger partial charge >= 0.3 is 0 Å². The molecule has 7 nitrogen and oxygen atoms in total. The highest BCUT2D eigenvalue weighted by Gasteiger charge is 2.23. The summed E-state index contributed by atoms with van der Waals surface area (Å²) < 4.78 is 9.10. The van der Waals surface area contributed by atoms with E-state index >= 15 is 0 Å². The summed E-state index contributed by atoms with van der Waals surface area (Å²) in [5, 5.41) is 3.72. The van der Waals surface area contributed by atoms with Gasteiger partial charge in [-0.2, -0.15) is 0 Å². The largest absolute Gasteiger partial charge is 0.360 e. The van der Waals surface area contributed by atoms with E-state index < -0.39 is 0 Å². The third-order valence-corrected chi connectivity index (χ3v) is 7.16. The number of nitrogens with two attached hydrogens (primary N) is 1. The number of anilines is 1. The third-order valence-electron chi connectivity index (χ3n) is 6.72. The molecule has 1 fully saturated rings. The Morgan fingerprint density at radius 2 is 1.91 bits per heavy atom. The molecule has 0 saturated carbocycles. The number of hydrogen-bond donors (Lipinski definition) is 2. The number of benzene rings is 1. The minimum atomic E-state index is 0.237. The van der Waals surface area contributed by atoms with Gasteiger partial charge in [0.05, 0.1) is 17.6 Å². The summed E-state index contributed by atoms with van der Waals surface area (Å²) in [6.07, 6.45) is 2.94. The number of ether oxygens (including phenoxy) is 1. The smallest absolute Gasteiger partial charge is 0.206 e. The van der Waals surface area contributed by atoms with Crippen molar-refractivity contribution in [1.29, 1.82) is 0 Å². The summed E-state index contributed by atoms with van der Waals surface area (Å²) in [5.41, 5.74) is 10.6. The quantitative estimate of drug-likeness (QED) is 0.296. The predicted molar refractivity (Wildman–Crippen MR) is 142 cm³/mol. The Labute approximate surface area is 211 Å². The Kier molecular flexibility index (Phi) is 8.58. The number of aromatic nitrogens is 3. The molecule has 3 N–H and O–H groups in total. The Hall–Kier alpha value is -2.00. The molecule has 3 aromatic rings. The van der Waals surface area contributed by atoms with Crippen LogP contribution in [-0.2, 0) is 17.9 Å². The molecule has 0 amide bonds. The number of rotatable bonds is 10. The van der Waals surface area contributed by atoms with Crippen LogP contribution in [0.2, 0.25) is 0 Å². The SMILES string of the molecule is Cc1cccc2c1nc(NC1CCN(CC(N)C(C)C)CC1)n2COCCc1cccc(Br)n1. The lowest BCUT2D eigenvalue weighted by Crippen LogP contribution is -2.46. The number of piperidine rings is 1. The fourth-order valence-electron chi connectivity index (χ4n) is 4.40. The second-order valence-corrected chi connectivity index (χ2v) is 10.5. The van der Waals surface area contributed by atoms with Crippen LogP contribution in [0, 0.1) is 12.8 Å². The lowest BCUT2D eigenvalue weighted by Gasteiger charge is -2.34. The third kappa shape index (κ3) is 6.36. The highest BCUT2D eigenvalue weighted by molar-refractivity contribution is 9.10. The molecule has 184 valence electrons. The number of para-hydroxylation sites is 1. The maximum absolute atomic E-state index is 6.29. The number of halogens is 1. The van der Waals surface area contributed by atoms with Gasteiger partial charge in [-0.25, -0.2) is 9.97 Å². The van der Waals surface area contributed by atoms with Crippen LogP contribution < -0.4 is 11.1 Å². The van der Waals surface area contributed by atoms with Crippen LogP contribution in [0.4, 0.5) is 5.95 Å². The molecule has 1 unspecified atom stereocenters. The van der Waals surface area contributed by atoms with Crippen LogP contribution in [0.1, 0.15) is 37.9 Å². The highest BCUT2D eigenvalue weighted by atomic mass is 79.9. The number of aryl methyl sites for hydroxylation is 1. The molecule has 1 aliphatic rings. The van der Waals surface area contributed by atoms with Gasteiger partial charge in [0.25, 0.3) is 0 Å². The summed E-state index contributed by atoms with van der Waals surface area (Å²) in [6, 6.07) is 12.9. The van der Waals surface area contributed by atoms with Gasteiger partial charge in [0, 0.05) is 43.8 Å². The van der Waals surface area contributed by atoms with E-state index in [0.29, 0.717) is 25.3 Å². The zero-order chi connectivity index (χ0) is 24.1. The minimum Gasteiger partial charge on any atom is -0.360 e. The highest BCUT2D eigenvalue weighted by Crippen LogP contribution is 2.25. The van der Waals surface area contributed by atoms with Crippen LogP contribution in [0.25, 0.3) is 11.0 Å². The number of pyridine rings is 1. The van der Waals surface area contributed by atoms with E-state index in [9.17, 15) is 0 Å². The second kappa shape index (κ2) is 11.6.